The van der Waals surface area contributed by atoms with Crippen LogP contribution in [0.25, 0.3) is 10.9 Å². The second-order valence-electron chi connectivity index (χ2n) is 10.3. The third-order valence-corrected chi connectivity index (χ3v) is 10.7. The molecular formula is C26H33FN4O4S2. The Bertz CT molecular complexity index is 1530. The second kappa shape index (κ2) is 9.68. The maximum atomic E-state index is 13.6. The quantitative estimate of drug-likeness (QED) is 0.505. The molecule has 0 saturated carbocycles. The summed E-state index contributed by atoms with van der Waals surface area (Å²) in [4.78, 5) is 5.65. The maximum Gasteiger partial charge on any atom is 0.304 e. The fraction of sp³-hybridized carbons (Fsp3) is 0.462. The molecule has 5 rings (SSSR count). The highest BCUT2D eigenvalue weighted by Gasteiger charge is 2.38. The molecule has 0 atom stereocenters. The first-order valence-corrected chi connectivity index (χ1v) is 15.9. The number of likely N-dealkylation sites (tertiary alicyclic amines) is 1. The molecule has 200 valence electrons. The van der Waals surface area contributed by atoms with E-state index >= 15 is 0 Å². The molecule has 2 aliphatic heterocycles. The molecule has 37 heavy (non-hydrogen) atoms. The van der Waals surface area contributed by atoms with Crippen molar-refractivity contribution in [2.24, 2.45) is 0 Å². The van der Waals surface area contributed by atoms with Crippen molar-refractivity contribution in [3.63, 3.8) is 0 Å². The van der Waals surface area contributed by atoms with Crippen LogP contribution >= 0.6 is 0 Å². The molecule has 2 aromatic carbocycles. The number of piperidine rings is 1. The van der Waals surface area contributed by atoms with E-state index in [1.165, 1.54) is 32.4 Å². The average molecular weight is 549 g/mol. The Morgan fingerprint density at radius 3 is 2.49 bits per heavy atom. The first kappa shape index (κ1) is 26.1. The smallest absolute Gasteiger partial charge is 0.304 e. The van der Waals surface area contributed by atoms with E-state index in [-0.39, 0.29) is 29.8 Å². The summed E-state index contributed by atoms with van der Waals surface area (Å²) in [5.74, 6) is 0.106. The van der Waals surface area contributed by atoms with Crippen molar-refractivity contribution in [2.45, 2.75) is 50.1 Å². The zero-order chi connectivity index (χ0) is 26.5. The molecular weight excluding hydrogens is 515 g/mol. The number of hydrogen-bond acceptors (Lipinski definition) is 5. The lowest BCUT2D eigenvalue weighted by Gasteiger charge is -2.40. The molecule has 3 heterocycles. The highest BCUT2D eigenvalue weighted by atomic mass is 32.2. The highest BCUT2D eigenvalue weighted by molar-refractivity contribution is 7.91. The fourth-order valence-electron chi connectivity index (χ4n) is 5.51. The molecule has 0 radical (unpaired) electrons. The molecule has 0 aliphatic carbocycles. The van der Waals surface area contributed by atoms with Gasteiger partial charge in [-0.25, -0.2) is 12.8 Å². The molecule has 11 heteroatoms. The number of rotatable bonds is 6. The van der Waals surface area contributed by atoms with Crippen molar-refractivity contribution >= 4 is 36.6 Å². The predicted molar refractivity (Wildman–Crippen MR) is 143 cm³/mol. The Balaban J connectivity index is 1.31. The number of aromatic amines is 1. The molecule has 3 aromatic rings. The zero-order valence-electron chi connectivity index (χ0n) is 21.3. The van der Waals surface area contributed by atoms with Gasteiger partial charge in [-0.05, 0) is 93.2 Å². The van der Waals surface area contributed by atoms with Gasteiger partial charge in [0.2, 0.25) is 0 Å². The van der Waals surface area contributed by atoms with Crippen molar-refractivity contribution in [2.75, 3.05) is 36.7 Å². The first-order chi connectivity index (χ1) is 17.4. The summed E-state index contributed by atoms with van der Waals surface area (Å²) in [6, 6.07) is 9.28. The number of anilines is 1. The van der Waals surface area contributed by atoms with Crippen LogP contribution in [0.1, 0.15) is 43.7 Å². The number of sulfone groups is 1. The van der Waals surface area contributed by atoms with Crippen LogP contribution in [0.15, 0.2) is 47.5 Å². The monoisotopic (exact) mass is 548 g/mol. The summed E-state index contributed by atoms with van der Waals surface area (Å²) in [5, 5.41) is 1.05. The van der Waals surface area contributed by atoms with Gasteiger partial charge in [0.25, 0.3) is 0 Å². The van der Waals surface area contributed by atoms with E-state index < -0.39 is 20.0 Å². The van der Waals surface area contributed by atoms with Crippen LogP contribution in [-0.2, 0) is 26.6 Å². The molecule has 1 saturated heterocycles. The number of aromatic nitrogens is 1. The summed E-state index contributed by atoms with van der Waals surface area (Å²) in [6.07, 6.45) is 5.00. The number of halogens is 1. The SMILES string of the molecule is CC(C)N1Cc2cc(S(C)(=O)=O)ccc2N(CCN2CCC(c3c[nH]c4cc(F)ccc34)CC2)S1(=O)=O. The normalized spacial score (nSPS) is 19.5. The molecule has 1 fully saturated rings. The Labute approximate surface area is 218 Å². The number of nitrogens with one attached hydrogen (secondary N) is 1. The number of nitrogens with zero attached hydrogens (tertiary/aromatic N) is 3. The average Bonchev–Trinajstić information content (AvgIpc) is 3.25. The fourth-order valence-corrected chi connectivity index (χ4v) is 8.00. The van der Waals surface area contributed by atoms with Gasteiger partial charge in [0.15, 0.2) is 9.84 Å². The Hall–Kier alpha value is -2.47. The third-order valence-electron chi connectivity index (χ3n) is 7.55. The summed E-state index contributed by atoms with van der Waals surface area (Å²) in [6.45, 7) is 6.32. The molecule has 1 N–H and O–H groups in total. The maximum absolute atomic E-state index is 13.6. The van der Waals surface area contributed by atoms with E-state index in [1.807, 2.05) is 26.1 Å². The van der Waals surface area contributed by atoms with Crippen molar-refractivity contribution < 1.29 is 21.2 Å². The minimum Gasteiger partial charge on any atom is -0.361 e. The van der Waals surface area contributed by atoms with Crippen LogP contribution in [0.3, 0.4) is 0 Å². The van der Waals surface area contributed by atoms with Gasteiger partial charge in [0.05, 0.1) is 10.6 Å². The van der Waals surface area contributed by atoms with Crippen molar-refractivity contribution in [3.8, 4) is 0 Å². The largest absolute Gasteiger partial charge is 0.361 e. The molecule has 0 unspecified atom stereocenters. The van der Waals surface area contributed by atoms with Crippen LogP contribution in [0, 0.1) is 5.82 Å². The molecule has 1 aromatic heterocycles. The van der Waals surface area contributed by atoms with Gasteiger partial charge in [-0.3, -0.25) is 4.31 Å². The van der Waals surface area contributed by atoms with Gasteiger partial charge in [0.1, 0.15) is 5.82 Å². The highest BCUT2D eigenvalue weighted by Crippen LogP contribution is 2.36. The predicted octanol–water partition coefficient (Wildman–Crippen LogP) is 3.87. The van der Waals surface area contributed by atoms with Crippen LogP contribution in [-0.4, -0.2) is 69.5 Å². The number of H-pyrrole nitrogens is 1. The van der Waals surface area contributed by atoms with Gasteiger partial charge in [-0.2, -0.15) is 12.7 Å². The lowest BCUT2D eigenvalue weighted by atomic mass is 9.89. The molecule has 2 aliphatic rings. The van der Waals surface area contributed by atoms with E-state index in [2.05, 4.69) is 9.88 Å². The van der Waals surface area contributed by atoms with E-state index in [4.69, 9.17) is 0 Å². The second-order valence-corrected chi connectivity index (χ2v) is 14.2. The zero-order valence-corrected chi connectivity index (χ0v) is 22.9. The lowest BCUT2D eigenvalue weighted by Crippen LogP contribution is -2.52. The van der Waals surface area contributed by atoms with Gasteiger partial charge >= 0.3 is 10.2 Å². The van der Waals surface area contributed by atoms with Crippen LogP contribution in [0.2, 0.25) is 0 Å². The molecule has 0 bridgehead atoms. The van der Waals surface area contributed by atoms with Crippen LogP contribution < -0.4 is 4.31 Å². The number of benzene rings is 2. The number of fused-ring (bicyclic) bond motifs is 2. The van der Waals surface area contributed by atoms with Gasteiger partial charge in [0, 0.05) is 49.0 Å². The van der Waals surface area contributed by atoms with E-state index in [9.17, 15) is 21.2 Å². The van der Waals surface area contributed by atoms with E-state index in [0.29, 0.717) is 23.7 Å². The topological polar surface area (TPSA) is 93.8 Å². The Kier molecular flexibility index (Phi) is 6.84. The summed E-state index contributed by atoms with van der Waals surface area (Å²) >= 11 is 0. The Morgan fingerprint density at radius 2 is 1.81 bits per heavy atom. The van der Waals surface area contributed by atoms with E-state index in [1.54, 1.807) is 12.1 Å². The summed E-state index contributed by atoms with van der Waals surface area (Å²) < 4.78 is 67.6. The van der Waals surface area contributed by atoms with E-state index in [0.717, 1.165) is 43.1 Å². The lowest BCUT2D eigenvalue weighted by molar-refractivity contribution is 0.217. The van der Waals surface area contributed by atoms with Crippen molar-refractivity contribution in [1.82, 2.24) is 14.2 Å². The summed E-state index contributed by atoms with van der Waals surface area (Å²) in [7, 11) is -7.15. The minimum atomic E-state index is -3.74. The number of hydrogen-bond donors (Lipinski definition) is 1. The summed E-state index contributed by atoms with van der Waals surface area (Å²) in [5.41, 5.74) is 3.25. The third kappa shape index (κ3) is 5.01. The molecule has 0 spiro atoms. The van der Waals surface area contributed by atoms with Gasteiger partial charge in [-0.15, -0.1) is 0 Å². The van der Waals surface area contributed by atoms with Gasteiger partial charge < -0.3 is 9.88 Å². The van der Waals surface area contributed by atoms with Crippen molar-refractivity contribution in [1.29, 1.82) is 0 Å². The first-order valence-electron chi connectivity index (χ1n) is 12.6. The Morgan fingerprint density at radius 1 is 1.08 bits per heavy atom. The van der Waals surface area contributed by atoms with Crippen molar-refractivity contribution in [3.05, 3.63) is 59.5 Å². The van der Waals surface area contributed by atoms with Crippen LogP contribution in [0.4, 0.5) is 10.1 Å². The van der Waals surface area contributed by atoms with Crippen LogP contribution in [0.5, 0.6) is 0 Å². The standard InChI is InChI=1S/C26H33FN4O4S2/c1-18(2)31-17-20-14-22(36(3,32)33)5-7-26(20)30(37(31,34)35)13-12-29-10-8-19(9-11-29)24-16-28-25-15-21(27)4-6-23(24)25/h4-7,14-16,18-19,28H,8-13,17H2,1-3H3. The van der Waals surface area contributed by atoms with Gasteiger partial charge in [-0.1, -0.05) is 0 Å². The molecule has 8 nitrogen and oxygen atoms in total. The minimum absolute atomic E-state index is 0.148. The molecule has 0 amide bonds.